The van der Waals surface area contributed by atoms with E-state index in [1.54, 1.807) is 11.8 Å². The van der Waals surface area contributed by atoms with Gasteiger partial charge in [0.15, 0.2) is 0 Å². The summed E-state index contributed by atoms with van der Waals surface area (Å²) in [5, 5.41) is 6.69. The van der Waals surface area contributed by atoms with Gasteiger partial charge in [-0.15, -0.1) is 0 Å². The number of benzene rings is 1. The molecule has 4 fully saturated rings. The van der Waals surface area contributed by atoms with Crippen molar-refractivity contribution in [2.45, 2.75) is 47.7 Å². The van der Waals surface area contributed by atoms with Gasteiger partial charge < -0.3 is 15.4 Å². The van der Waals surface area contributed by atoms with E-state index in [1.807, 2.05) is 36.5 Å². The summed E-state index contributed by atoms with van der Waals surface area (Å²) in [5.41, 5.74) is 1.69. The van der Waals surface area contributed by atoms with Crippen molar-refractivity contribution in [1.82, 2.24) is 20.5 Å². The van der Waals surface area contributed by atoms with Crippen molar-refractivity contribution in [2.24, 2.45) is 5.92 Å². The molecule has 2 bridgehead atoms. The van der Waals surface area contributed by atoms with Crippen LogP contribution < -0.4 is 10.6 Å². The third kappa shape index (κ3) is 4.51. The highest BCUT2D eigenvalue weighted by molar-refractivity contribution is 7.99. The Balaban J connectivity index is 1.25. The number of morpholine rings is 1. The van der Waals surface area contributed by atoms with Crippen molar-refractivity contribution in [3.8, 4) is 0 Å². The number of carbonyl (C=O) groups excluding carboxylic acids is 1. The fourth-order valence-corrected chi connectivity index (χ4v) is 6.01. The Hall–Kier alpha value is -1.93. The molecule has 31 heavy (non-hydrogen) atoms. The Bertz CT molecular complexity index is 906. The van der Waals surface area contributed by atoms with E-state index in [0.29, 0.717) is 18.6 Å². The van der Waals surface area contributed by atoms with E-state index in [2.05, 4.69) is 33.5 Å². The molecule has 6 nitrogen and oxygen atoms in total. The number of amides is 1. The number of aromatic nitrogens is 1. The van der Waals surface area contributed by atoms with Gasteiger partial charge in [-0.2, -0.15) is 0 Å². The van der Waals surface area contributed by atoms with Gasteiger partial charge in [-0.25, -0.2) is 0 Å². The first-order chi connectivity index (χ1) is 15.2. The number of piperidine rings is 3. The van der Waals surface area contributed by atoms with E-state index in [9.17, 15) is 4.79 Å². The molecular weight excluding hydrogens is 408 g/mol. The van der Waals surface area contributed by atoms with Gasteiger partial charge in [-0.05, 0) is 75.2 Å². The van der Waals surface area contributed by atoms with Gasteiger partial charge in [-0.3, -0.25) is 14.7 Å². The van der Waals surface area contributed by atoms with Crippen molar-refractivity contribution in [3.63, 3.8) is 0 Å². The molecule has 4 saturated heterocycles. The van der Waals surface area contributed by atoms with Gasteiger partial charge in [0, 0.05) is 46.7 Å². The molecule has 2 N–H and O–H groups in total. The van der Waals surface area contributed by atoms with Crippen molar-refractivity contribution in [2.75, 3.05) is 32.8 Å². The predicted octanol–water partition coefficient (Wildman–Crippen LogP) is 3.11. The highest BCUT2D eigenvalue weighted by atomic mass is 32.2. The minimum absolute atomic E-state index is 0.0222. The number of hydrogen-bond acceptors (Lipinski definition) is 6. The number of nitrogens with zero attached hydrogens (tertiary/aromatic N) is 2. The first-order valence-corrected chi connectivity index (χ1v) is 12.1. The molecular formula is C24H30N4O2S. The Morgan fingerprint density at radius 3 is 2.74 bits per heavy atom. The second-order valence-electron chi connectivity index (χ2n) is 8.69. The molecule has 6 rings (SSSR count). The van der Waals surface area contributed by atoms with Crippen molar-refractivity contribution >= 4 is 17.7 Å². The second kappa shape index (κ2) is 9.28. The topological polar surface area (TPSA) is 66.5 Å². The molecule has 2 aromatic rings. The summed E-state index contributed by atoms with van der Waals surface area (Å²) in [4.78, 5) is 22.2. The maximum absolute atomic E-state index is 12.9. The van der Waals surface area contributed by atoms with Crippen LogP contribution in [0.25, 0.3) is 0 Å². The summed E-state index contributed by atoms with van der Waals surface area (Å²) in [5.74, 6) is 0.644. The quantitative estimate of drug-likeness (QED) is 0.748. The summed E-state index contributed by atoms with van der Waals surface area (Å²) in [6.45, 7) is 6.95. The summed E-state index contributed by atoms with van der Waals surface area (Å²) < 4.78 is 5.90. The van der Waals surface area contributed by atoms with Gasteiger partial charge in [0.25, 0.3) is 5.91 Å². The first-order valence-electron chi connectivity index (χ1n) is 11.3. The number of nitrogens with one attached hydrogen (secondary N) is 2. The standard InChI is InChI=1S/C24H30N4O2S/c1-16-22(17-8-12-28(16)13-9-17)27-24(29)18-4-6-19(7-5-18)31-21-3-2-10-26-23(21)20-15-25-11-14-30-20/h2-7,10,16-17,20,22,25H,8-9,11-15H2,1H3,(H,27,29)/t16-,20?,22-/m0/s1. The number of fused-ring (bicyclic) bond motifs is 3. The minimum atomic E-state index is -0.0222. The highest BCUT2D eigenvalue weighted by Crippen LogP contribution is 2.34. The van der Waals surface area contributed by atoms with E-state index < -0.39 is 0 Å². The molecule has 4 aliphatic heterocycles. The molecule has 0 aliphatic carbocycles. The van der Waals surface area contributed by atoms with Crippen LogP contribution in [0.4, 0.5) is 0 Å². The Morgan fingerprint density at radius 1 is 1.23 bits per heavy atom. The van der Waals surface area contributed by atoms with Crippen LogP contribution in [-0.2, 0) is 4.74 Å². The van der Waals surface area contributed by atoms with E-state index >= 15 is 0 Å². The third-order valence-electron chi connectivity index (χ3n) is 6.85. The predicted molar refractivity (Wildman–Crippen MR) is 121 cm³/mol. The molecule has 164 valence electrons. The van der Waals surface area contributed by atoms with E-state index in [4.69, 9.17) is 4.74 Å². The van der Waals surface area contributed by atoms with Crippen LogP contribution in [0.2, 0.25) is 0 Å². The van der Waals surface area contributed by atoms with E-state index in [1.165, 1.54) is 25.9 Å². The molecule has 0 spiro atoms. The summed E-state index contributed by atoms with van der Waals surface area (Å²) in [6.07, 6.45) is 4.18. The lowest BCUT2D eigenvalue weighted by molar-refractivity contribution is 0.0217. The maximum Gasteiger partial charge on any atom is 0.251 e. The lowest BCUT2D eigenvalue weighted by Gasteiger charge is -2.49. The normalized spacial score (nSPS) is 30.2. The molecule has 5 heterocycles. The highest BCUT2D eigenvalue weighted by Gasteiger charge is 2.40. The van der Waals surface area contributed by atoms with E-state index in [0.717, 1.165) is 34.1 Å². The van der Waals surface area contributed by atoms with Gasteiger partial charge >= 0.3 is 0 Å². The van der Waals surface area contributed by atoms with Crippen molar-refractivity contribution in [1.29, 1.82) is 0 Å². The average Bonchev–Trinajstić information content (AvgIpc) is 2.83. The van der Waals surface area contributed by atoms with Gasteiger partial charge in [0.1, 0.15) is 6.10 Å². The fraction of sp³-hybridized carbons (Fsp3) is 0.500. The molecule has 1 aromatic heterocycles. The molecule has 0 radical (unpaired) electrons. The molecule has 1 amide bonds. The van der Waals surface area contributed by atoms with E-state index in [-0.39, 0.29) is 18.1 Å². The molecule has 1 aromatic carbocycles. The van der Waals surface area contributed by atoms with Crippen molar-refractivity contribution in [3.05, 3.63) is 53.9 Å². The summed E-state index contributed by atoms with van der Waals surface area (Å²) in [7, 11) is 0. The number of rotatable bonds is 5. The Kier molecular flexibility index (Phi) is 6.27. The Labute approximate surface area is 188 Å². The van der Waals surface area contributed by atoms with Crippen LogP contribution in [0, 0.1) is 5.92 Å². The zero-order valence-corrected chi connectivity index (χ0v) is 18.7. The molecule has 0 saturated carbocycles. The lowest BCUT2D eigenvalue weighted by Crippen LogP contribution is -2.62. The molecule has 7 heteroatoms. The zero-order valence-electron chi connectivity index (χ0n) is 17.9. The largest absolute Gasteiger partial charge is 0.369 e. The minimum Gasteiger partial charge on any atom is -0.369 e. The van der Waals surface area contributed by atoms with Crippen LogP contribution in [0.15, 0.2) is 52.4 Å². The number of carbonyl (C=O) groups is 1. The van der Waals surface area contributed by atoms with Crippen molar-refractivity contribution < 1.29 is 9.53 Å². The fourth-order valence-electron chi connectivity index (χ4n) is 5.05. The zero-order chi connectivity index (χ0) is 21.2. The molecule has 3 atom stereocenters. The molecule has 4 aliphatic rings. The molecule has 1 unspecified atom stereocenters. The average molecular weight is 439 g/mol. The summed E-state index contributed by atoms with van der Waals surface area (Å²) in [6, 6.07) is 12.6. The van der Waals surface area contributed by atoms with Crippen LogP contribution >= 0.6 is 11.8 Å². The smallest absolute Gasteiger partial charge is 0.251 e. The van der Waals surface area contributed by atoms with Gasteiger partial charge in [0.05, 0.1) is 12.3 Å². The van der Waals surface area contributed by atoms with Crippen LogP contribution in [0.1, 0.15) is 41.9 Å². The Morgan fingerprint density at radius 2 is 2.03 bits per heavy atom. The first kappa shape index (κ1) is 20.9. The summed E-state index contributed by atoms with van der Waals surface area (Å²) >= 11 is 1.67. The van der Waals surface area contributed by atoms with Crippen LogP contribution in [0.3, 0.4) is 0 Å². The lowest BCUT2D eigenvalue weighted by atomic mass is 9.79. The van der Waals surface area contributed by atoms with Gasteiger partial charge in [-0.1, -0.05) is 11.8 Å². The van der Waals surface area contributed by atoms with Crippen LogP contribution in [0.5, 0.6) is 0 Å². The second-order valence-corrected chi connectivity index (χ2v) is 9.81. The SMILES string of the molecule is C[C@H]1[C@H](NC(=O)c2ccc(Sc3cccnc3C3CNCCO3)cc2)C2CCN1CC2. The number of hydrogen-bond donors (Lipinski definition) is 2. The monoisotopic (exact) mass is 438 g/mol. The van der Waals surface area contributed by atoms with Gasteiger partial charge in [0.2, 0.25) is 0 Å². The van der Waals surface area contributed by atoms with Crippen LogP contribution in [-0.4, -0.2) is 60.7 Å². The number of pyridine rings is 1. The third-order valence-corrected chi connectivity index (χ3v) is 7.93. The maximum atomic E-state index is 12.9. The number of ether oxygens (including phenoxy) is 1.